The van der Waals surface area contributed by atoms with Crippen LogP contribution in [0, 0.1) is 0 Å². The predicted molar refractivity (Wildman–Crippen MR) is 75.6 cm³/mol. The number of hydrogen-bond acceptors (Lipinski definition) is 1. The van der Waals surface area contributed by atoms with E-state index in [1.54, 1.807) is 24.1 Å². The van der Waals surface area contributed by atoms with E-state index in [9.17, 15) is 9.90 Å². The third kappa shape index (κ3) is 3.58. The zero-order chi connectivity index (χ0) is 13.7. The highest BCUT2D eigenvalue weighted by Crippen LogP contribution is 2.20. The molecule has 1 aromatic carbocycles. The third-order valence-electron chi connectivity index (χ3n) is 3.40. The molecule has 0 saturated heterocycles. The highest BCUT2D eigenvalue weighted by molar-refractivity contribution is 5.91. The predicted octanol–water partition coefficient (Wildman–Crippen LogP) is 2.83. The van der Waals surface area contributed by atoms with Crippen molar-refractivity contribution < 1.29 is 9.90 Å². The summed E-state index contributed by atoms with van der Waals surface area (Å²) >= 11 is 0. The second kappa shape index (κ2) is 6.38. The molecule has 2 amide bonds. The van der Waals surface area contributed by atoms with Gasteiger partial charge < -0.3 is 5.32 Å². The van der Waals surface area contributed by atoms with E-state index >= 15 is 0 Å². The number of urea groups is 1. The SMILES string of the molecule is CN(C(=O)NC1CCC1)c1cccc(C=CC[O])c1. The van der Waals surface area contributed by atoms with Crippen molar-refractivity contribution in [1.29, 1.82) is 0 Å². The van der Waals surface area contributed by atoms with E-state index in [1.165, 1.54) is 6.42 Å². The van der Waals surface area contributed by atoms with Gasteiger partial charge in [-0.05, 0) is 37.0 Å². The van der Waals surface area contributed by atoms with Crippen molar-refractivity contribution in [3.05, 3.63) is 35.9 Å². The number of rotatable bonds is 4. The Kier molecular flexibility index (Phi) is 4.58. The monoisotopic (exact) mass is 259 g/mol. The molecule has 1 aliphatic rings. The normalized spacial score (nSPS) is 15.3. The number of carbonyl (C=O) groups excluding carboxylic acids is 1. The molecule has 1 N–H and O–H groups in total. The Balaban J connectivity index is 2.02. The number of carbonyl (C=O) groups is 1. The van der Waals surface area contributed by atoms with Gasteiger partial charge in [-0.25, -0.2) is 9.90 Å². The van der Waals surface area contributed by atoms with Crippen LogP contribution in [0.25, 0.3) is 6.08 Å². The lowest BCUT2D eigenvalue weighted by atomic mass is 9.93. The molecule has 1 aromatic rings. The van der Waals surface area contributed by atoms with Crippen molar-refractivity contribution in [1.82, 2.24) is 5.32 Å². The molecule has 101 valence electrons. The number of hydrogen-bond donors (Lipinski definition) is 1. The van der Waals surface area contributed by atoms with E-state index < -0.39 is 0 Å². The molecule has 19 heavy (non-hydrogen) atoms. The Morgan fingerprint density at radius 3 is 2.89 bits per heavy atom. The van der Waals surface area contributed by atoms with Crippen LogP contribution >= 0.6 is 0 Å². The van der Waals surface area contributed by atoms with Crippen LogP contribution in [0.1, 0.15) is 24.8 Å². The van der Waals surface area contributed by atoms with Gasteiger partial charge in [0.1, 0.15) is 6.61 Å². The molecule has 4 heteroatoms. The molecule has 0 aliphatic heterocycles. The van der Waals surface area contributed by atoms with Gasteiger partial charge in [-0.15, -0.1) is 0 Å². The summed E-state index contributed by atoms with van der Waals surface area (Å²) in [6.07, 6.45) is 6.68. The van der Waals surface area contributed by atoms with Gasteiger partial charge in [0.05, 0.1) is 0 Å². The van der Waals surface area contributed by atoms with Gasteiger partial charge in [0, 0.05) is 18.8 Å². The van der Waals surface area contributed by atoms with Crippen LogP contribution in [0.5, 0.6) is 0 Å². The number of anilines is 1. The molecule has 1 fully saturated rings. The minimum absolute atomic E-state index is 0.0744. The van der Waals surface area contributed by atoms with Crippen molar-refractivity contribution >= 4 is 17.8 Å². The first kappa shape index (κ1) is 13.6. The van der Waals surface area contributed by atoms with E-state index in [-0.39, 0.29) is 12.6 Å². The van der Waals surface area contributed by atoms with E-state index in [2.05, 4.69) is 5.32 Å². The Morgan fingerprint density at radius 1 is 1.47 bits per heavy atom. The number of nitrogens with one attached hydrogen (secondary N) is 1. The fourth-order valence-corrected chi connectivity index (χ4v) is 1.96. The summed E-state index contributed by atoms with van der Waals surface area (Å²) < 4.78 is 0. The van der Waals surface area contributed by atoms with Crippen LogP contribution in [0.3, 0.4) is 0 Å². The van der Waals surface area contributed by atoms with Crippen molar-refractivity contribution in [2.24, 2.45) is 0 Å². The second-order valence-corrected chi connectivity index (χ2v) is 4.80. The van der Waals surface area contributed by atoms with E-state index in [0.717, 1.165) is 24.1 Å². The maximum atomic E-state index is 12.0. The molecular weight excluding hydrogens is 240 g/mol. The van der Waals surface area contributed by atoms with E-state index in [0.29, 0.717) is 6.04 Å². The lowest BCUT2D eigenvalue weighted by Crippen LogP contribution is -2.46. The molecule has 0 heterocycles. The quantitative estimate of drug-likeness (QED) is 0.888. The Bertz CT molecular complexity index is 467. The zero-order valence-corrected chi connectivity index (χ0v) is 11.1. The summed E-state index contributed by atoms with van der Waals surface area (Å²) in [5.41, 5.74) is 1.75. The van der Waals surface area contributed by atoms with Crippen molar-refractivity contribution in [2.45, 2.75) is 25.3 Å². The van der Waals surface area contributed by atoms with Gasteiger partial charge in [-0.1, -0.05) is 24.3 Å². The first-order valence-corrected chi connectivity index (χ1v) is 6.59. The maximum absolute atomic E-state index is 12.0. The van der Waals surface area contributed by atoms with Crippen molar-refractivity contribution in [2.75, 3.05) is 18.6 Å². The highest BCUT2D eigenvalue weighted by Gasteiger charge is 2.21. The lowest BCUT2D eigenvalue weighted by molar-refractivity contribution is 0.233. The van der Waals surface area contributed by atoms with Gasteiger partial charge in [-0.3, -0.25) is 4.90 Å². The smallest absolute Gasteiger partial charge is 0.321 e. The van der Waals surface area contributed by atoms with E-state index in [1.807, 2.05) is 24.3 Å². The zero-order valence-electron chi connectivity index (χ0n) is 11.1. The minimum Gasteiger partial charge on any atom is -0.335 e. The molecule has 0 spiro atoms. The minimum atomic E-state index is -0.234. The Hall–Kier alpha value is -1.81. The molecule has 1 saturated carbocycles. The topological polar surface area (TPSA) is 52.2 Å². The maximum Gasteiger partial charge on any atom is 0.321 e. The largest absolute Gasteiger partial charge is 0.335 e. The first-order valence-electron chi connectivity index (χ1n) is 6.59. The van der Waals surface area contributed by atoms with Crippen LogP contribution in [-0.2, 0) is 5.11 Å². The Labute approximate surface area is 113 Å². The standard InChI is InChI=1S/C15H19N2O2/c1-17(15(19)16-13-7-3-8-13)14-9-2-5-12(11-14)6-4-10-18/h2,4-6,9,11,13H,3,7-8,10H2,1H3,(H,16,19). The van der Waals surface area contributed by atoms with Gasteiger partial charge in [0.2, 0.25) is 0 Å². The molecular formula is C15H19N2O2. The van der Waals surface area contributed by atoms with Crippen molar-refractivity contribution in [3.8, 4) is 0 Å². The molecule has 0 unspecified atom stereocenters. The molecule has 4 nitrogen and oxygen atoms in total. The molecule has 0 bridgehead atoms. The molecule has 1 radical (unpaired) electrons. The summed E-state index contributed by atoms with van der Waals surface area (Å²) in [6.45, 7) is -0.234. The lowest BCUT2D eigenvalue weighted by Gasteiger charge is -2.29. The second-order valence-electron chi connectivity index (χ2n) is 4.80. The number of benzene rings is 1. The first-order chi connectivity index (χ1) is 9.20. The van der Waals surface area contributed by atoms with Crippen LogP contribution in [0.2, 0.25) is 0 Å². The van der Waals surface area contributed by atoms with Crippen LogP contribution in [-0.4, -0.2) is 25.7 Å². The van der Waals surface area contributed by atoms with Gasteiger partial charge in [0.15, 0.2) is 0 Å². The summed E-state index contributed by atoms with van der Waals surface area (Å²) in [6, 6.07) is 7.83. The summed E-state index contributed by atoms with van der Waals surface area (Å²) in [5, 5.41) is 13.4. The van der Waals surface area contributed by atoms with Crippen molar-refractivity contribution in [3.63, 3.8) is 0 Å². The summed E-state index contributed by atoms with van der Waals surface area (Å²) in [7, 11) is 1.75. The van der Waals surface area contributed by atoms with Gasteiger partial charge in [-0.2, -0.15) is 0 Å². The van der Waals surface area contributed by atoms with Crippen LogP contribution in [0.4, 0.5) is 10.5 Å². The average Bonchev–Trinajstić information content (AvgIpc) is 2.39. The molecule has 2 rings (SSSR count). The summed E-state index contributed by atoms with van der Waals surface area (Å²) in [4.78, 5) is 13.6. The van der Waals surface area contributed by atoms with Gasteiger partial charge >= 0.3 is 6.03 Å². The van der Waals surface area contributed by atoms with Crippen LogP contribution < -0.4 is 10.2 Å². The molecule has 1 aliphatic carbocycles. The fourth-order valence-electron chi connectivity index (χ4n) is 1.96. The number of nitrogens with zero attached hydrogens (tertiary/aromatic N) is 1. The average molecular weight is 259 g/mol. The van der Waals surface area contributed by atoms with Crippen LogP contribution in [0.15, 0.2) is 30.3 Å². The van der Waals surface area contributed by atoms with E-state index in [4.69, 9.17) is 0 Å². The summed E-state index contributed by atoms with van der Waals surface area (Å²) in [5.74, 6) is 0. The Morgan fingerprint density at radius 2 is 2.26 bits per heavy atom. The van der Waals surface area contributed by atoms with Gasteiger partial charge in [0.25, 0.3) is 0 Å². The highest BCUT2D eigenvalue weighted by atomic mass is 16.2. The fraction of sp³-hybridized carbons (Fsp3) is 0.400. The third-order valence-corrected chi connectivity index (χ3v) is 3.40. The molecule has 0 atom stereocenters. The molecule has 0 aromatic heterocycles. The number of amides is 2.